The summed E-state index contributed by atoms with van der Waals surface area (Å²) < 4.78 is 14.8. The number of benzene rings is 1. The molecule has 0 aliphatic rings. The van der Waals surface area contributed by atoms with Crippen molar-refractivity contribution in [1.82, 2.24) is 5.32 Å². The third-order valence-corrected chi connectivity index (χ3v) is 2.69. The molecule has 0 heterocycles. The van der Waals surface area contributed by atoms with Gasteiger partial charge in [0, 0.05) is 13.7 Å². The SMILES string of the molecule is COCC(OC(=O)OCC(C)C)C(=O)NCc1ccccc1. The van der Waals surface area contributed by atoms with Crippen LogP contribution in [0, 0.1) is 5.92 Å². The Morgan fingerprint density at radius 3 is 2.41 bits per heavy atom. The summed E-state index contributed by atoms with van der Waals surface area (Å²) in [5, 5.41) is 2.70. The van der Waals surface area contributed by atoms with Crippen molar-refractivity contribution in [2.45, 2.75) is 26.5 Å². The van der Waals surface area contributed by atoms with E-state index in [0.29, 0.717) is 6.54 Å². The van der Waals surface area contributed by atoms with Crippen molar-refractivity contribution in [3.8, 4) is 0 Å². The molecule has 0 radical (unpaired) electrons. The average molecular weight is 309 g/mol. The van der Waals surface area contributed by atoms with Crippen LogP contribution in [-0.4, -0.2) is 38.5 Å². The molecule has 0 saturated carbocycles. The number of hydrogen-bond acceptors (Lipinski definition) is 5. The topological polar surface area (TPSA) is 73.9 Å². The predicted molar refractivity (Wildman–Crippen MR) is 81.2 cm³/mol. The number of carbonyl (C=O) groups excluding carboxylic acids is 2. The number of carbonyl (C=O) groups is 2. The van der Waals surface area contributed by atoms with Gasteiger partial charge in [-0.25, -0.2) is 4.79 Å². The van der Waals surface area contributed by atoms with E-state index in [1.54, 1.807) is 0 Å². The maximum absolute atomic E-state index is 12.1. The predicted octanol–water partition coefficient (Wildman–Crippen LogP) is 2.13. The standard InChI is InChI=1S/C16H23NO5/c1-12(2)10-21-16(19)22-14(11-20-3)15(18)17-9-13-7-5-4-6-8-13/h4-8,12,14H,9-11H2,1-3H3,(H,17,18). The Hall–Kier alpha value is -2.08. The lowest BCUT2D eigenvalue weighted by Gasteiger charge is -2.17. The van der Waals surface area contributed by atoms with Gasteiger partial charge in [0.15, 0.2) is 0 Å². The van der Waals surface area contributed by atoms with Crippen molar-refractivity contribution in [1.29, 1.82) is 0 Å². The van der Waals surface area contributed by atoms with Gasteiger partial charge < -0.3 is 19.5 Å². The molecule has 6 nitrogen and oxygen atoms in total. The quantitative estimate of drug-likeness (QED) is 0.745. The van der Waals surface area contributed by atoms with Crippen molar-refractivity contribution in [3.05, 3.63) is 35.9 Å². The van der Waals surface area contributed by atoms with Crippen molar-refractivity contribution in [2.24, 2.45) is 5.92 Å². The molecular formula is C16H23NO5. The van der Waals surface area contributed by atoms with Crippen LogP contribution >= 0.6 is 0 Å². The number of methoxy groups -OCH3 is 1. The van der Waals surface area contributed by atoms with Crippen LogP contribution in [0.1, 0.15) is 19.4 Å². The van der Waals surface area contributed by atoms with Crippen molar-refractivity contribution >= 4 is 12.1 Å². The minimum atomic E-state index is -1.03. The van der Waals surface area contributed by atoms with Crippen LogP contribution in [0.4, 0.5) is 4.79 Å². The van der Waals surface area contributed by atoms with Crippen LogP contribution in [0.5, 0.6) is 0 Å². The normalized spacial score (nSPS) is 11.8. The fraction of sp³-hybridized carbons (Fsp3) is 0.500. The van der Waals surface area contributed by atoms with Gasteiger partial charge in [-0.05, 0) is 11.5 Å². The van der Waals surface area contributed by atoms with Crippen LogP contribution < -0.4 is 5.32 Å². The number of rotatable bonds is 8. The van der Waals surface area contributed by atoms with Gasteiger partial charge in [-0.15, -0.1) is 0 Å². The van der Waals surface area contributed by atoms with Crippen LogP contribution in [0.2, 0.25) is 0 Å². The van der Waals surface area contributed by atoms with Gasteiger partial charge in [0.2, 0.25) is 6.10 Å². The monoisotopic (exact) mass is 309 g/mol. The number of amides is 1. The highest BCUT2D eigenvalue weighted by Gasteiger charge is 2.23. The van der Waals surface area contributed by atoms with E-state index in [-0.39, 0.29) is 19.1 Å². The van der Waals surface area contributed by atoms with E-state index in [4.69, 9.17) is 14.2 Å². The van der Waals surface area contributed by atoms with E-state index in [0.717, 1.165) is 5.56 Å². The number of nitrogens with one attached hydrogen (secondary N) is 1. The first-order valence-electron chi connectivity index (χ1n) is 7.17. The molecule has 22 heavy (non-hydrogen) atoms. The Morgan fingerprint density at radius 1 is 1.14 bits per heavy atom. The molecule has 1 rings (SSSR count). The molecular weight excluding hydrogens is 286 g/mol. The van der Waals surface area contributed by atoms with E-state index in [1.165, 1.54) is 7.11 Å². The first-order chi connectivity index (χ1) is 10.5. The molecule has 1 aromatic carbocycles. The highest BCUT2D eigenvalue weighted by atomic mass is 16.7. The second-order valence-corrected chi connectivity index (χ2v) is 5.22. The molecule has 0 bridgehead atoms. The first-order valence-corrected chi connectivity index (χ1v) is 7.17. The third kappa shape index (κ3) is 7.08. The lowest BCUT2D eigenvalue weighted by Crippen LogP contribution is -2.40. The molecule has 6 heteroatoms. The molecule has 0 aliphatic carbocycles. The van der Waals surface area contributed by atoms with Gasteiger partial charge in [-0.1, -0.05) is 44.2 Å². The summed E-state index contributed by atoms with van der Waals surface area (Å²) in [6.45, 7) is 4.38. The molecule has 122 valence electrons. The fourth-order valence-corrected chi connectivity index (χ4v) is 1.60. The molecule has 0 saturated heterocycles. The van der Waals surface area contributed by atoms with E-state index in [1.807, 2.05) is 44.2 Å². The molecule has 0 aromatic heterocycles. The van der Waals surface area contributed by atoms with Crippen LogP contribution in [0.25, 0.3) is 0 Å². The maximum atomic E-state index is 12.1. The fourth-order valence-electron chi connectivity index (χ4n) is 1.60. The molecule has 0 aliphatic heterocycles. The smallest absolute Gasteiger partial charge is 0.434 e. The third-order valence-electron chi connectivity index (χ3n) is 2.69. The van der Waals surface area contributed by atoms with Crippen molar-refractivity contribution < 1.29 is 23.8 Å². The molecule has 1 aromatic rings. The zero-order valence-corrected chi connectivity index (χ0v) is 13.2. The van der Waals surface area contributed by atoms with Gasteiger partial charge in [0.25, 0.3) is 5.91 Å². The lowest BCUT2D eigenvalue weighted by atomic mass is 10.2. The molecule has 1 N–H and O–H groups in total. The Morgan fingerprint density at radius 2 is 1.82 bits per heavy atom. The van der Waals surface area contributed by atoms with Crippen LogP contribution in [-0.2, 0) is 25.5 Å². The summed E-state index contributed by atoms with van der Waals surface area (Å²) in [6, 6.07) is 9.45. The molecule has 1 amide bonds. The molecule has 1 atom stereocenters. The van der Waals surface area contributed by atoms with Crippen molar-refractivity contribution in [3.63, 3.8) is 0 Å². The Balaban J connectivity index is 2.47. The molecule has 0 fully saturated rings. The van der Waals surface area contributed by atoms with Gasteiger partial charge in [-0.2, -0.15) is 0 Å². The Bertz CT molecular complexity index is 461. The summed E-state index contributed by atoms with van der Waals surface area (Å²) >= 11 is 0. The van der Waals surface area contributed by atoms with E-state index in [9.17, 15) is 9.59 Å². The summed E-state index contributed by atoms with van der Waals surface area (Å²) in [4.78, 5) is 23.6. The zero-order valence-electron chi connectivity index (χ0n) is 13.2. The second-order valence-electron chi connectivity index (χ2n) is 5.22. The van der Waals surface area contributed by atoms with Crippen LogP contribution in [0.3, 0.4) is 0 Å². The molecule has 0 spiro atoms. The second kappa shape index (κ2) is 9.78. The minimum absolute atomic E-state index is 0.0304. The van der Waals surface area contributed by atoms with E-state index < -0.39 is 18.2 Å². The Labute approximate surface area is 130 Å². The molecule has 1 unspecified atom stereocenters. The Kier molecular flexibility index (Phi) is 7.99. The van der Waals surface area contributed by atoms with Gasteiger partial charge >= 0.3 is 6.16 Å². The van der Waals surface area contributed by atoms with Gasteiger partial charge in [0.1, 0.15) is 0 Å². The van der Waals surface area contributed by atoms with E-state index in [2.05, 4.69) is 5.32 Å². The highest BCUT2D eigenvalue weighted by molar-refractivity contribution is 5.82. The number of hydrogen-bond donors (Lipinski definition) is 1. The largest absolute Gasteiger partial charge is 0.509 e. The maximum Gasteiger partial charge on any atom is 0.509 e. The first kappa shape index (κ1) is 18.0. The summed E-state index contributed by atoms with van der Waals surface area (Å²) in [7, 11) is 1.43. The number of ether oxygens (including phenoxy) is 3. The van der Waals surface area contributed by atoms with Crippen LogP contribution in [0.15, 0.2) is 30.3 Å². The minimum Gasteiger partial charge on any atom is -0.434 e. The highest BCUT2D eigenvalue weighted by Crippen LogP contribution is 2.02. The van der Waals surface area contributed by atoms with E-state index >= 15 is 0 Å². The summed E-state index contributed by atoms with van der Waals surface area (Å²) in [5.74, 6) is -0.229. The van der Waals surface area contributed by atoms with Gasteiger partial charge in [-0.3, -0.25) is 4.79 Å². The zero-order chi connectivity index (χ0) is 16.4. The lowest BCUT2D eigenvalue weighted by molar-refractivity contribution is -0.134. The van der Waals surface area contributed by atoms with Crippen molar-refractivity contribution in [2.75, 3.05) is 20.3 Å². The summed E-state index contributed by atoms with van der Waals surface area (Å²) in [6.07, 6.45) is -1.90. The van der Waals surface area contributed by atoms with Gasteiger partial charge in [0.05, 0.1) is 13.2 Å². The summed E-state index contributed by atoms with van der Waals surface area (Å²) in [5.41, 5.74) is 0.953. The average Bonchev–Trinajstić information content (AvgIpc) is 2.51.